The van der Waals surface area contributed by atoms with Crippen molar-refractivity contribution in [3.63, 3.8) is 0 Å². The summed E-state index contributed by atoms with van der Waals surface area (Å²) in [4.78, 5) is 1.41. The topological polar surface area (TPSA) is 30.5 Å². The summed E-state index contributed by atoms with van der Waals surface area (Å²) in [5, 5.41) is 5.52. The van der Waals surface area contributed by atoms with Gasteiger partial charge in [0.1, 0.15) is 0 Å². The fraction of sp³-hybridized carbons (Fsp3) is 0.714. The third-order valence-corrected chi connectivity index (χ3v) is 3.71. The van der Waals surface area contributed by atoms with Gasteiger partial charge in [0.2, 0.25) is 0 Å². The van der Waals surface area contributed by atoms with Crippen LogP contribution in [0.1, 0.15) is 30.2 Å². The van der Waals surface area contributed by atoms with Gasteiger partial charge in [-0.1, -0.05) is 13.3 Å². The van der Waals surface area contributed by atoms with E-state index in [0.717, 1.165) is 32.7 Å². The molecular weight excluding hydrogens is 246 g/mol. The number of unbranched alkanes of at least 4 members (excludes halogenated alkanes) is 1. The summed E-state index contributed by atoms with van der Waals surface area (Å²) in [6.45, 7) is 9.18. The van der Waals surface area contributed by atoms with Gasteiger partial charge >= 0.3 is 0 Å². The average Bonchev–Trinajstić information content (AvgIpc) is 2.77. The summed E-state index contributed by atoms with van der Waals surface area (Å²) in [5.41, 5.74) is 1.37. The predicted molar refractivity (Wildman–Crippen MR) is 77.3 cm³/mol. The van der Waals surface area contributed by atoms with E-state index in [1.54, 1.807) is 11.3 Å². The second kappa shape index (κ2) is 10.5. The lowest BCUT2D eigenvalue weighted by Crippen LogP contribution is -2.20. The van der Waals surface area contributed by atoms with Gasteiger partial charge in [-0.05, 0) is 30.4 Å². The fourth-order valence-corrected chi connectivity index (χ4v) is 2.38. The molecule has 4 heteroatoms. The summed E-state index contributed by atoms with van der Waals surface area (Å²) in [5.74, 6) is 0. The minimum Gasteiger partial charge on any atom is -0.379 e. The lowest BCUT2D eigenvalue weighted by Gasteiger charge is -2.06. The van der Waals surface area contributed by atoms with Gasteiger partial charge < -0.3 is 14.8 Å². The third kappa shape index (κ3) is 7.11. The van der Waals surface area contributed by atoms with Crippen LogP contribution in [0.3, 0.4) is 0 Å². The summed E-state index contributed by atoms with van der Waals surface area (Å²) in [6, 6.07) is 2.16. The highest BCUT2D eigenvalue weighted by atomic mass is 32.1. The summed E-state index contributed by atoms with van der Waals surface area (Å²) in [7, 11) is 0. The van der Waals surface area contributed by atoms with Gasteiger partial charge in [0.05, 0.1) is 19.8 Å². The van der Waals surface area contributed by atoms with Crippen LogP contribution >= 0.6 is 11.3 Å². The van der Waals surface area contributed by atoms with Crippen LogP contribution in [0, 0.1) is 6.92 Å². The normalized spacial score (nSPS) is 11.0. The van der Waals surface area contributed by atoms with Crippen molar-refractivity contribution < 1.29 is 9.47 Å². The molecule has 0 saturated heterocycles. The first-order valence-electron chi connectivity index (χ1n) is 6.73. The van der Waals surface area contributed by atoms with Crippen LogP contribution < -0.4 is 5.32 Å². The first-order chi connectivity index (χ1) is 8.84. The summed E-state index contributed by atoms with van der Waals surface area (Å²) < 4.78 is 10.9. The lowest BCUT2D eigenvalue weighted by atomic mass is 10.3. The Kier molecular flexibility index (Phi) is 9.12. The molecule has 0 aromatic carbocycles. The highest BCUT2D eigenvalue weighted by Crippen LogP contribution is 2.14. The highest BCUT2D eigenvalue weighted by Gasteiger charge is 1.98. The Morgan fingerprint density at radius 3 is 2.61 bits per heavy atom. The number of aryl methyl sites for hydroxylation is 1. The Morgan fingerprint density at radius 1 is 1.17 bits per heavy atom. The zero-order valence-electron chi connectivity index (χ0n) is 11.5. The first-order valence-corrected chi connectivity index (χ1v) is 7.61. The van der Waals surface area contributed by atoms with Crippen molar-refractivity contribution in [2.75, 3.05) is 33.0 Å². The van der Waals surface area contributed by atoms with E-state index in [1.165, 1.54) is 16.9 Å². The maximum atomic E-state index is 5.48. The summed E-state index contributed by atoms with van der Waals surface area (Å²) in [6.07, 6.45) is 2.33. The van der Waals surface area contributed by atoms with Gasteiger partial charge in [-0.2, -0.15) is 0 Å². The SMILES string of the molecule is CCCCOCCOCCNCc1sccc1C. The number of hydrogen-bond donors (Lipinski definition) is 1. The molecule has 0 bridgehead atoms. The molecule has 0 radical (unpaired) electrons. The largest absolute Gasteiger partial charge is 0.379 e. The number of ether oxygens (including phenoxy) is 2. The second-order valence-electron chi connectivity index (χ2n) is 4.28. The molecule has 0 amide bonds. The Bertz CT molecular complexity index is 302. The zero-order valence-corrected chi connectivity index (χ0v) is 12.4. The Hall–Kier alpha value is -0.420. The molecule has 0 unspecified atom stereocenters. The van der Waals surface area contributed by atoms with Crippen LogP contribution in [0.15, 0.2) is 11.4 Å². The van der Waals surface area contributed by atoms with E-state index in [9.17, 15) is 0 Å². The van der Waals surface area contributed by atoms with Gasteiger partial charge in [0, 0.05) is 24.6 Å². The van der Waals surface area contributed by atoms with Crippen molar-refractivity contribution in [1.82, 2.24) is 5.32 Å². The van der Waals surface area contributed by atoms with E-state index in [4.69, 9.17) is 9.47 Å². The van der Waals surface area contributed by atoms with Crippen molar-refractivity contribution in [3.05, 3.63) is 21.9 Å². The van der Waals surface area contributed by atoms with Crippen LogP contribution in [0.5, 0.6) is 0 Å². The molecule has 1 aromatic heterocycles. The molecule has 1 aromatic rings. The van der Waals surface area contributed by atoms with Crippen molar-refractivity contribution in [3.8, 4) is 0 Å². The van der Waals surface area contributed by atoms with Crippen molar-refractivity contribution in [2.45, 2.75) is 33.2 Å². The molecule has 0 saturated carbocycles. The molecule has 0 fully saturated rings. The van der Waals surface area contributed by atoms with Crippen LogP contribution in [0.4, 0.5) is 0 Å². The fourth-order valence-electron chi connectivity index (χ4n) is 1.50. The molecule has 104 valence electrons. The maximum absolute atomic E-state index is 5.48. The van der Waals surface area contributed by atoms with Crippen LogP contribution in [0.25, 0.3) is 0 Å². The average molecular weight is 271 g/mol. The van der Waals surface area contributed by atoms with Crippen LogP contribution in [0.2, 0.25) is 0 Å². The van der Waals surface area contributed by atoms with E-state index in [1.807, 2.05) is 0 Å². The van der Waals surface area contributed by atoms with Crippen molar-refractivity contribution in [1.29, 1.82) is 0 Å². The molecular formula is C14H25NO2S. The van der Waals surface area contributed by atoms with E-state index in [2.05, 4.69) is 30.6 Å². The molecule has 1 heterocycles. The monoisotopic (exact) mass is 271 g/mol. The lowest BCUT2D eigenvalue weighted by molar-refractivity contribution is 0.0477. The number of nitrogens with one attached hydrogen (secondary N) is 1. The Morgan fingerprint density at radius 2 is 1.94 bits per heavy atom. The smallest absolute Gasteiger partial charge is 0.0701 e. The molecule has 3 nitrogen and oxygen atoms in total. The van der Waals surface area contributed by atoms with Crippen molar-refractivity contribution in [2.24, 2.45) is 0 Å². The second-order valence-corrected chi connectivity index (χ2v) is 5.28. The van der Waals surface area contributed by atoms with Gasteiger partial charge in [0.15, 0.2) is 0 Å². The molecule has 0 aliphatic carbocycles. The quantitative estimate of drug-likeness (QED) is 0.628. The van der Waals surface area contributed by atoms with E-state index >= 15 is 0 Å². The van der Waals surface area contributed by atoms with Gasteiger partial charge in [-0.15, -0.1) is 11.3 Å². The van der Waals surface area contributed by atoms with E-state index < -0.39 is 0 Å². The molecule has 1 N–H and O–H groups in total. The Balaban J connectivity index is 1.83. The van der Waals surface area contributed by atoms with Crippen molar-refractivity contribution >= 4 is 11.3 Å². The minimum absolute atomic E-state index is 0.698. The van der Waals surface area contributed by atoms with E-state index in [0.29, 0.717) is 13.2 Å². The van der Waals surface area contributed by atoms with Crippen LogP contribution in [-0.2, 0) is 16.0 Å². The van der Waals surface area contributed by atoms with Gasteiger partial charge in [-0.3, -0.25) is 0 Å². The van der Waals surface area contributed by atoms with Gasteiger partial charge in [-0.25, -0.2) is 0 Å². The Labute approximate surface area is 114 Å². The predicted octanol–water partition coefficient (Wildman–Crippen LogP) is 2.98. The number of rotatable bonds is 11. The molecule has 0 aliphatic heterocycles. The molecule has 0 aliphatic rings. The van der Waals surface area contributed by atoms with Gasteiger partial charge in [0.25, 0.3) is 0 Å². The number of thiophene rings is 1. The molecule has 0 atom stereocenters. The third-order valence-electron chi connectivity index (χ3n) is 2.69. The van der Waals surface area contributed by atoms with Crippen LogP contribution in [-0.4, -0.2) is 33.0 Å². The number of hydrogen-bond acceptors (Lipinski definition) is 4. The molecule has 0 spiro atoms. The maximum Gasteiger partial charge on any atom is 0.0701 e. The standard InChI is InChI=1S/C14H25NO2S/c1-3-4-7-16-9-10-17-8-6-15-12-14-13(2)5-11-18-14/h5,11,15H,3-4,6-10,12H2,1-2H3. The zero-order chi connectivity index (χ0) is 13.1. The van der Waals surface area contributed by atoms with E-state index in [-0.39, 0.29) is 0 Å². The molecule has 18 heavy (non-hydrogen) atoms. The summed E-state index contributed by atoms with van der Waals surface area (Å²) >= 11 is 1.81. The molecule has 1 rings (SSSR count). The first kappa shape index (κ1) is 15.6. The highest BCUT2D eigenvalue weighted by molar-refractivity contribution is 7.10. The minimum atomic E-state index is 0.698.